The van der Waals surface area contributed by atoms with Gasteiger partial charge in [-0.1, -0.05) is 0 Å². The minimum absolute atomic E-state index is 0. The van der Waals surface area contributed by atoms with E-state index in [0.29, 0.717) is 0 Å². The zero-order valence-electron chi connectivity index (χ0n) is 15.0. The van der Waals surface area contributed by atoms with Gasteiger partial charge in [-0.05, 0) is 20.8 Å². The van der Waals surface area contributed by atoms with E-state index in [1.807, 2.05) is 0 Å². The van der Waals surface area contributed by atoms with E-state index in [1.165, 1.54) is 0 Å². The summed E-state index contributed by atoms with van der Waals surface area (Å²) in [7, 11) is 0. The van der Waals surface area contributed by atoms with Crippen LogP contribution < -0.4 is 15.3 Å². The van der Waals surface area contributed by atoms with Crippen molar-refractivity contribution in [3.63, 3.8) is 0 Å². The van der Waals surface area contributed by atoms with Crippen LogP contribution in [0.5, 0.6) is 0 Å². The maximum absolute atomic E-state index is 10.1. The summed E-state index contributed by atoms with van der Waals surface area (Å²) in [4.78, 5) is 89.2. The van der Waals surface area contributed by atoms with Crippen LogP contribution in [0.4, 0.5) is 0 Å². The third-order valence-corrected chi connectivity index (χ3v) is 1.91. The van der Waals surface area contributed by atoms with Crippen molar-refractivity contribution in [3.05, 3.63) is 0 Å². The first kappa shape index (κ1) is 32.9. The van der Waals surface area contributed by atoms with Gasteiger partial charge in [0.15, 0.2) is 17.3 Å². The van der Waals surface area contributed by atoms with Crippen LogP contribution in [0.1, 0.15) is 40.0 Å². The average molecular weight is 509 g/mol. The Hall–Kier alpha value is -2.75. The van der Waals surface area contributed by atoms with Gasteiger partial charge in [0.05, 0.1) is 19.3 Å². The fourth-order valence-electron chi connectivity index (χ4n) is 0.895. The monoisotopic (exact) mass is 508 g/mol. The molecule has 0 aromatic heterocycles. The molecule has 0 amide bonds. The van der Waals surface area contributed by atoms with E-state index in [2.05, 4.69) is 0 Å². The number of rotatable bonds is 9. The van der Waals surface area contributed by atoms with Crippen LogP contribution in [0, 0.1) is 0 Å². The predicted molar refractivity (Wildman–Crippen MR) is 81.7 cm³/mol. The first-order chi connectivity index (χ1) is 12.1. The summed E-state index contributed by atoms with van der Waals surface area (Å²) in [5.74, 6) is -10.3. The van der Waals surface area contributed by atoms with Crippen LogP contribution in [0.2, 0.25) is 0 Å². The van der Waals surface area contributed by atoms with Gasteiger partial charge in [0.1, 0.15) is 35.3 Å². The van der Waals surface area contributed by atoms with E-state index in [-0.39, 0.29) is 24.4 Å². The van der Waals surface area contributed by atoms with E-state index in [0.717, 1.165) is 20.8 Å². The van der Waals surface area contributed by atoms with Crippen molar-refractivity contribution in [2.24, 2.45) is 0 Å². The summed E-state index contributed by atoms with van der Waals surface area (Å²) in [5.41, 5.74) is 0. The van der Waals surface area contributed by atoms with Gasteiger partial charge < -0.3 is 29.7 Å². The number of ketones is 6. The quantitative estimate of drug-likeness (QED) is 0.161. The molecule has 0 heterocycles. The first-order valence-electron chi connectivity index (χ1n) is 6.82. The van der Waals surface area contributed by atoms with Gasteiger partial charge in [0, 0.05) is 0 Å². The van der Waals surface area contributed by atoms with Gasteiger partial charge in [-0.2, -0.15) is 0 Å². The number of carbonyl (C=O) groups excluding carboxylic acids is 9. The Kier molecular flexibility index (Phi) is 20.7. The summed E-state index contributed by atoms with van der Waals surface area (Å²) in [6.45, 7) is 3.42. The Morgan fingerprint density at radius 3 is 0.643 bits per heavy atom. The van der Waals surface area contributed by atoms with Crippen LogP contribution in [-0.2, 0) is 43.2 Å². The summed E-state index contributed by atoms with van der Waals surface area (Å²) in [6.07, 6.45) is -1.70. The Bertz CT molecular complexity index is 572. The third kappa shape index (κ3) is 25.5. The van der Waals surface area contributed by atoms with Gasteiger partial charge in [-0.3, -0.25) is 28.8 Å². The van der Waals surface area contributed by atoms with Gasteiger partial charge in [0.2, 0.25) is 0 Å². The predicted octanol–water partition coefficient (Wildman–Crippen LogP) is -5.53. The van der Waals surface area contributed by atoms with Crippen LogP contribution in [-0.4, -0.2) is 77.0 Å². The van der Waals surface area contributed by atoms with E-state index < -0.39 is 71.9 Å². The van der Waals surface area contributed by atoms with Crippen molar-refractivity contribution < 1.29 is 58.5 Å². The number of Topliss-reactive ketones (excluding diaryl/α,β-unsaturated/α-hetero) is 6. The number of hydrogen-bond acceptors (Lipinski definition) is 12. The number of aliphatic carboxylic acids is 3. The Morgan fingerprint density at radius 2 is 0.607 bits per heavy atom. The van der Waals surface area contributed by atoms with Crippen LogP contribution in [0.15, 0.2) is 0 Å². The molecule has 0 atom stereocenters. The van der Waals surface area contributed by atoms with Crippen molar-refractivity contribution >= 4 is 77.0 Å². The minimum atomic E-state index is -1.80. The minimum Gasteiger partial charge on any atom is -0.542 e. The summed E-state index contributed by atoms with van der Waals surface area (Å²) in [6, 6.07) is 0. The molecule has 28 heavy (non-hydrogen) atoms. The van der Waals surface area contributed by atoms with Crippen LogP contribution in [0.25, 0.3) is 0 Å². The summed E-state index contributed by atoms with van der Waals surface area (Å²) < 4.78 is 0. The fraction of sp³-hybridized carbons (Fsp3) is 0.400. The fourth-order valence-corrected chi connectivity index (χ4v) is 0.895. The van der Waals surface area contributed by atoms with Crippen molar-refractivity contribution in [3.8, 4) is 0 Å². The second-order valence-corrected chi connectivity index (χ2v) is 4.77. The largest absolute Gasteiger partial charge is 3.00 e. The Labute approximate surface area is 175 Å². The number of carboxylic acid groups (broad SMARTS) is 3. The summed E-state index contributed by atoms with van der Waals surface area (Å²) >= 11 is 0. The number of carboxylic acids is 3. The smallest absolute Gasteiger partial charge is 0.542 e. The molecule has 2 radical (unpaired) electrons. The first-order valence-corrected chi connectivity index (χ1v) is 6.82. The molecule has 0 aliphatic rings. The van der Waals surface area contributed by atoms with Gasteiger partial charge in [-0.15, -0.1) is 0 Å². The molecule has 13 heteroatoms. The Balaban J connectivity index is -0.000000152. The van der Waals surface area contributed by atoms with Crippen molar-refractivity contribution in [2.45, 2.75) is 40.0 Å². The third-order valence-electron chi connectivity index (χ3n) is 1.91. The molecule has 0 saturated carbocycles. The molecule has 0 aliphatic heterocycles. The molecule has 0 aliphatic carbocycles. The second kappa shape index (κ2) is 17.7. The van der Waals surface area contributed by atoms with Gasteiger partial charge >= 0.3 is 24.4 Å². The SMILES string of the molecule is CC(=O)CC(=O)C(=O)[O-].CC(=O)CC(=O)C(=O)[O-].CC(=O)CC(=O)C(=O)[O-].[Sb+3]. The standard InChI is InChI=1S/3C5H6O4.Sb/c3*1-3(6)2-4(7)5(8)9;/h3*2H2,1H3,(H,8,9);/q;;;+3/p-3. The zero-order valence-corrected chi connectivity index (χ0v) is 17.5. The van der Waals surface area contributed by atoms with Crippen molar-refractivity contribution in [1.29, 1.82) is 0 Å². The normalized spacial score (nSPS) is 8.25. The molecule has 0 aromatic carbocycles. The molecule has 0 spiro atoms. The molecular weight excluding hydrogens is 494 g/mol. The molecular formula is C15H15O12Sb. The molecule has 0 bridgehead atoms. The van der Waals surface area contributed by atoms with Gasteiger partial charge in [-0.25, -0.2) is 0 Å². The molecule has 0 saturated heterocycles. The molecule has 152 valence electrons. The van der Waals surface area contributed by atoms with E-state index in [1.54, 1.807) is 0 Å². The van der Waals surface area contributed by atoms with Crippen molar-refractivity contribution in [2.75, 3.05) is 0 Å². The molecule has 0 unspecified atom stereocenters. The maximum atomic E-state index is 10.1. The molecule has 12 nitrogen and oxygen atoms in total. The maximum Gasteiger partial charge on any atom is 3.00 e. The molecule has 0 fully saturated rings. The van der Waals surface area contributed by atoms with Crippen LogP contribution >= 0.6 is 0 Å². The number of carbonyl (C=O) groups is 9. The number of hydrogen-bond donors (Lipinski definition) is 0. The Morgan fingerprint density at radius 1 is 0.464 bits per heavy atom. The second-order valence-electron chi connectivity index (χ2n) is 4.77. The van der Waals surface area contributed by atoms with Gasteiger partial charge in [0.25, 0.3) is 0 Å². The van der Waals surface area contributed by atoms with E-state index >= 15 is 0 Å². The average Bonchev–Trinajstić information content (AvgIpc) is 2.46. The summed E-state index contributed by atoms with van der Waals surface area (Å²) in [5, 5.41) is 28.9. The van der Waals surface area contributed by atoms with E-state index in [4.69, 9.17) is 0 Å². The topological polar surface area (TPSA) is 223 Å². The van der Waals surface area contributed by atoms with Crippen LogP contribution in [0.3, 0.4) is 0 Å². The molecule has 0 aromatic rings. The zero-order chi connectivity index (χ0) is 22.3. The molecule has 0 N–H and O–H groups in total. The molecule has 0 rings (SSSR count). The van der Waals surface area contributed by atoms with E-state index in [9.17, 15) is 58.5 Å². The van der Waals surface area contributed by atoms with Crippen molar-refractivity contribution in [1.82, 2.24) is 0 Å².